The first kappa shape index (κ1) is 19.3. The van der Waals surface area contributed by atoms with Crippen molar-refractivity contribution in [1.82, 2.24) is 0 Å². The van der Waals surface area contributed by atoms with Gasteiger partial charge in [-0.15, -0.1) is 0 Å². The maximum absolute atomic E-state index is 5.99. The minimum absolute atomic E-state index is 0.320. The third kappa shape index (κ3) is 9.75. The molecule has 3 heteroatoms. The van der Waals surface area contributed by atoms with Crippen molar-refractivity contribution < 1.29 is 9.47 Å². The van der Waals surface area contributed by atoms with E-state index in [1.54, 1.807) is 0 Å². The highest BCUT2D eigenvalue weighted by Crippen LogP contribution is 2.28. The van der Waals surface area contributed by atoms with Crippen molar-refractivity contribution >= 4 is 12.6 Å². The molecule has 19 heavy (non-hydrogen) atoms. The minimum atomic E-state index is -0.320. The molecule has 0 aliphatic rings. The Kier molecular flexibility index (Phi) is 13.5. The standard InChI is InChI=1S/C16H34O2S/c1-4-7-10-13-16(17-5-2,18-6-3)14-11-8-9-12-15-19/h19H,4-15H2,1-3H3. The van der Waals surface area contributed by atoms with Crippen LogP contribution in [0, 0.1) is 0 Å². The van der Waals surface area contributed by atoms with E-state index in [9.17, 15) is 0 Å². The lowest BCUT2D eigenvalue weighted by Gasteiger charge is -2.33. The van der Waals surface area contributed by atoms with Crippen molar-refractivity contribution in [3.8, 4) is 0 Å². The van der Waals surface area contributed by atoms with Gasteiger partial charge in [0.2, 0.25) is 0 Å². The molecule has 0 saturated heterocycles. The van der Waals surface area contributed by atoms with Crippen LogP contribution in [0.5, 0.6) is 0 Å². The fourth-order valence-corrected chi connectivity index (χ4v) is 2.71. The van der Waals surface area contributed by atoms with E-state index in [2.05, 4.69) is 33.4 Å². The number of rotatable bonds is 14. The zero-order chi connectivity index (χ0) is 14.4. The average Bonchev–Trinajstić information content (AvgIpc) is 2.39. The van der Waals surface area contributed by atoms with Crippen LogP contribution in [0.15, 0.2) is 0 Å². The normalized spacial score (nSPS) is 12.0. The zero-order valence-electron chi connectivity index (χ0n) is 13.2. The number of hydrogen-bond acceptors (Lipinski definition) is 3. The zero-order valence-corrected chi connectivity index (χ0v) is 14.1. The molecule has 0 saturated carbocycles. The lowest BCUT2D eigenvalue weighted by atomic mass is 10.00. The lowest BCUT2D eigenvalue weighted by Crippen LogP contribution is -2.36. The molecule has 0 aromatic heterocycles. The minimum Gasteiger partial charge on any atom is -0.350 e. The maximum Gasteiger partial charge on any atom is 0.168 e. The van der Waals surface area contributed by atoms with E-state index >= 15 is 0 Å². The van der Waals surface area contributed by atoms with E-state index in [1.807, 2.05) is 0 Å². The van der Waals surface area contributed by atoms with Gasteiger partial charge >= 0.3 is 0 Å². The smallest absolute Gasteiger partial charge is 0.168 e. The first-order valence-corrected chi connectivity index (χ1v) is 8.76. The number of unbranched alkanes of at least 4 members (excludes halogenated alkanes) is 5. The molecule has 0 atom stereocenters. The molecule has 0 fully saturated rings. The number of thiol groups is 1. The third-order valence-electron chi connectivity index (χ3n) is 3.44. The van der Waals surface area contributed by atoms with Crippen LogP contribution >= 0.6 is 12.6 Å². The van der Waals surface area contributed by atoms with E-state index in [1.165, 1.54) is 44.9 Å². The Labute approximate surface area is 126 Å². The van der Waals surface area contributed by atoms with Gasteiger partial charge in [-0.3, -0.25) is 0 Å². The Hall–Kier alpha value is 0.270. The van der Waals surface area contributed by atoms with Gasteiger partial charge in [0, 0.05) is 26.1 Å². The summed E-state index contributed by atoms with van der Waals surface area (Å²) < 4.78 is 12.0. The fourth-order valence-electron chi connectivity index (χ4n) is 2.49. The quantitative estimate of drug-likeness (QED) is 0.269. The van der Waals surface area contributed by atoms with Gasteiger partial charge in [-0.2, -0.15) is 12.6 Å². The van der Waals surface area contributed by atoms with Gasteiger partial charge in [0.1, 0.15) is 0 Å². The van der Waals surface area contributed by atoms with Crippen molar-refractivity contribution in [3.63, 3.8) is 0 Å². The van der Waals surface area contributed by atoms with E-state index in [0.29, 0.717) is 0 Å². The summed E-state index contributed by atoms with van der Waals surface area (Å²) in [4.78, 5) is 0. The summed E-state index contributed by atoms with van der Waals surface area (Å²) in [5, 5.41) is 0. The Morgan fingerprint density at radius 3 is 1.74 bits per heavy atom. The summed E-state index contributed by atoms with van der Waals surface area (Å²) in [5.74, 6) is 0.679. The second-order valence-electron chi connectivity index (χ2n) is 5.12. The van der Waals surface area contributed by atoms with Crippen molar-refractivity contribution in [2.24, 2.45) is 0 Å². The second-order valence-corrected chi connectivity index (χ2v) is 5.57. The molecular weight excluding hydrogens is 256 g/mol. The van der Waals surface area contributed by atoms with E-state index < -0.39 is 0 Å². The van der Waals surface area contributed by atoms with Gasteiger partial charge < -0.3 is 9.47 Å². The monoisotopic (exact) mass is 290 g/mol. The molecule has 0 aliphatic heterocycles. The van der Waals surface area contributed by atoms with Crippen LogP contribution in [0.3, 0.4) is 0 Å². The van der Waals surface area contributed by atoms with Gasteiger partial charge in [-0.25, -0.2) is 0 Å². The van der Waals surface area contributed by atoms with Gasteiger partial charge in [0.05, 0.1) is 0 Å². The summed E-state index contributed by atoms with van der Waals surface area (Å²) in [6.45, 7) is 7.84. The fraction of sp³-hybridized carbons (Fsp3) is 1.00. The topological polar surface area (TPSA) is 18.5 Å². The van der Waals surface area contributed by atoms with Crippen molar-refractivity contribution in [3.05, 3.63) is 0 Å². The molecule has 0 radical (unpaired) electrons. The summed E-state index contributed by atoms with van der Waals surface area (Å²) in [6.07, 6.45) is 10.7. The first-order chi connectivity index (χ1) is 9.24. The molecule has 2 nitrogen and oxygen atoms in total. The highest BCUT2D eigenvalue weighted by atomic mass is 32.1. The Morgan fingerprint density at radius 1 is 0.737 bits per heavy atom. The van der Waals surface area contributed by atoms with Crippen LogP contribution in [0.1, 0.15) is 78.6 Å². The van der Waals surface area contributed by atoms with Crippen molar-refractivity contribution in [2.45, 2.75) is 84.3 Å². The number of ether oxygens (including phenoxy) is 2. The maximum atomic E-state index is 5.99. The summed E-state index contributed by atoms with van der Waals surface area (Å²) >= 11 is 4.25. The number of hydrogen-bond donors (Lipinski definition) is 1. The molecule has 0 bridgehead atoms. The van der Waals surface area contributed by atoms with Crippen molar-refractivity contribution in [2.75, 3.05) is 19.0 Å². The first-order valence-electron chi connectivity index (χ1n) is 8.13. The lowest BCUT2D eigenvalue weighted by molar-refractivity contribution is -0.242. The summed E-state index contributed by atoms with van der Waals surface area (Å²) in [6, 6.07) is 0. The van der Waals surface area contributed by atoms with Gasteiger partial charge in [-0.05, 0) is 38.9 Å². The van der Waals surface area contributed by atoms with Crippen LogP contribution in [0.2, 0.25) is 0 Å². The molecule has 0 rings (SSSR count). The SMILES string of the molecule is CCCCCC(CCCCCCS)(OCC)OCC. The van der Waals surface area contributed by atoms with Crippen LogP contribution in [0.4, 0.5) is 0 Å². The molecular formula is C16H34O2S. The van der Waals surface area contributed by atoms with Crippen LogP contribution in [0.25, 0.3) is 0 Å². The molecule has 0 spiro atoms. The average molecular weight is 291 g/mol. The second kappa shape index (κ2) is 13.3. The predicted octanol–water partition coefficient (Wildman–Crippen LogP) is 5.22. The predicted molar refractivity (Wildman–Crippen MR) is 87.1 cm³/mol. The van der Waals surface area contributed by atoms with E-state index in [0.717, 1.165) is 31.8 Å². The molecule has 0 aliphatic carbocycles. The Balaban J connectivity index is 4.18. The molecule has 0 aromatic rings. The van der Waals surface area contributed by atoms with Gasteiger partial charge in [0.15, 0.2) is 5.79 Å². The molecule has 0 heterocycles. The third-order valence-corrected chi connectivity index (χ3v) is 3.76. The Morgan fingerprint density at radius 2 is 1.26 bits per heavy atom. The van der Waals surface area contributed by atoms with Gasteiger partial charge in [0.25, 0.3) is 0 Å². The van der Waals surface area contributed by atoms with Gasteiger partial charge in [-0.1, -0.05) is 32.6 Å². The molecule has 0 amide bonds. The molecule has 0 N–H and O–H groups in total. The van der Waals surface area contributed by atoms with E-state index in [4.69, 9.17) is 9.47 Å². The van der Waals surface area contributed by atoms with E-state index in [-0.39, 0.29) is 5.79 Å². The van der Waals surface area contributed by atoms with Crippen molar-refractivity contribution in [1.29, 1.82) is 0 Å². The summed E-state index contributed by atoms with van der Waals surface area (Å²) in [7, 11) is 0. The highest BCUT2D eigenvalue weighted by molar-refractivity contribution is 7.80. The molecule has 116 valence electrons. The largest absolute Gasteiger partial charge is 0.350 e. The Bertz CT molecular complexity index is 180. The molecule has 0 unspecified atom stereocenters. The van der Waals surface area contributed by atoms with Crippen LogP contribution in [-0.2, 0) is 9.47 Å². The highest BCUT2D eigenvalue weighted by Gasteiger charge is 2.29. The van der Waals surface area contributed by atoms with Crippen LogP contribution in [-0.4, -0.2) is 24.8 Å². The van der Waals surface area contributed by atoms with Crippen LogP contribution < -0.4 is 0 Å². The summed E-state index contributed by atoms with van der Waals surface area (Å²) in [5.41, 5.74) is 0. The molecule has 0 aromatic carbocycles.